The van der Waals surface area contributed by atoms with Gasteiger partial charge in [-0.1, -0.05) is 18.2 Å². The van der Waals surface area contributed by atoms with Gasteiger partial charge in [-0.15, -0.1) is 0 Å². The van der Waals surface area contributed by atoms with Gasteiger partial charge in [-0.2, -0.15) is 0 Å². The molecular formula is C29H36N6O6. The summed E-state index contributed by atoms with van der Waals surface area (Å²) in [5.41, 5.74) is 1.94. The van der Waals surface area contributed by atoms with Crippen LogP contribution in [0.25, 0.3) is 10.9 Å². The summed E-state index contributed by atoms with van der Waals surface area (Å²) in [4.78, 5) is 60.4. The summed E-state index contributed by atoms with van der Waals surface area (Å²) in [6.45, 7) is 4.22. The Balaban J connectivity index is 1.42. The first-order chi connectivity index (χ1) is 19.8. The van der Waals surface area contributed by atoms with Crippen LogP contribution in [0.3, 0.4) is 0 Å². The number of oxazole rings is 1. The molecule has 5 rings (SSSR count). The number of fused-ring (bicyclic) bond motifs is 3. The third kappa shape index (κ3) is 6.59. The number of nitrogens with zero attached hydrogens (tertiary/aromatic N) is 1. The van der Waals surface area contributed by atoms with Crippen LogP contribution < -0.4 is 21.3 Å². The fourth-order valence-electron chi connectivity index (χ4n) is 5.27. The van der Waals surface area contributed by atoms with Crippen molar-refractivity contribution in [1.82, 2.24) is 31.2 Å². The molecule has 4 amide bonds. The zero-order valence-corrected chi connectivity index (χ0v) is 23.2. The van der Waals surface area contributed by atoms with E-state index in [4.69, 9.17) is 9.15 Å². The third-order valence-electron chi connectivity index (χ3n) is 7.55. The van der Waals surface area contributed by atoms with E-state index in [0.29, 0.717) is 44.6 Å². The van der Waals surface area contributed by atoms with Crippen LogP contribution in [0.15, 0.2) is 34.9 Å². The van der Waals surface area contributed by atoms with Crippen LogP contribution in [0.4, 0.5) is 0 Å². The molecule has 12 nitrogen and oxygen atoms in total. The number of carbonyl (C=O) groups excluding carboxylic acids is 4. The summed E-state index contributed by atoms with van der Waals surface area (Å²) in [6, 6.07) is 5.21. The van der Waals surface area contributed by atoms with Crippen LogP contribution in [0.5, 0.6) is 0 Å². The van der Waals surface area contributed by atoms with Crippen LogP contribution >= 0.6 is 0 Å². The number of ether oxygens (including phenoxy) is 1. The molecule has 0 unspecified atom stereocenters. The molecule has 5 N–H and O–H groups in total. The Bertz CT molecular complexity index is 1420. The maximum absolute atomic E-state index is 13.6. The van der Waals surface area contributed by atoms with Gasteiger partial charge in [-0.3, -0.25) is 19.2 Å². The molecule has 4 heterocycles. The molecule has 4 atom stereocenters. The van der Waals surface area contributed by atoms with Crippen LogP contribution in [0.1, 0.15) is 72.8 Å². The second-order valence-electron chi connectivity index (χ2n) is 10.6. The molecule has 0 aliphatic carbocycles. The summed E-state index contributed by atoms with van der Waals surface area (Å²) in [6.07, 6.45) is 4.26. The summed E-state index contributed by atoms with van der Waals surface area (Å²) in [5.74, 6) is -1.09. The number of aryl methyl sites for hydroxylation is 1. The molecule has 41 heavy (non-hydrogen) atoms. The predicted molar refractivity (Wildman–Crippen MR) is 149 cm³/mol. The van der Waals surface area contributed by atoms with Crippen molar-refractivity contribution < 1.29 is 28.3 Å². The number of aromatic amines is 1. The minimum Gasteiger partial charge on any atom is -0.443 e. The largest absolute Gasteiger partial charge is 0.443 e. The van der Waals surface area contributed by atoms with Gasteiger partial charge < -0.3 is 35.4 Å². The molecule has 1 fully saturated rings. The van der Waals surface area contributed by atoms with E-state index in [-0.39, 0.29) is 29.8 Å². The molecule has 1 aromatic carbocycles. The summed E-state index contributed by atoms with van der Waals surface area (Å²) in [5, 5.41) is 12.4. The Labute approximate surface area is 237 Å². The first kappa shape index (κ1) is 28.3. The lowest BCUT2D eigenvalue weighted by molar-refractivity contribution is -0.135. The molecule has 0 spiro atoms. The van der Waals surface area contributed by atoms with Gasteiger partial charge in [0.25, 0.3) is 5.91 Å². The van der Waals surface area contributed by atoms with Crippen molar-refractivity contribution in [1.29, 1.82) is 0 Å². The highest BCUT2D eigenvalue weighted by molar-refractivity contribution is 5.94. The van der Waals surface area contributed by atoms with Gasteiger partial charge >= 0.3 is 0 Å². The number of carbonyl (C=O) groups is 4. The summed E-state index contributed by atoms with van der Waals surface area (Å²) < 4.78 is 11.2. The van der Waals surface area contributed by atoms with Gasteiger partial charge in [0, 0.05) is 36.7 Å². The lowest BCUT2D eigenvalue weighted by atomic mass is 10.0. The molecule has 2 aliphatic rings. The average molecular weight is 565 g/mol. The van der Waals surface area contributed by atoms with Crippen molar-refractivity contribution in [3.63, 3.8) is 0 Å². The second-order valence-corrected chi connectivity index (χ2v) is 10.6. The van der Waals surface area contributed by atoms with Crippen molar-refractivity contribution in [2.24, 2.45) is 0 Å². The van der Waals surface area contributed by atoms with Crippen molar-refractivity contribution in [2.75, 3.05) is 13.2 Å². The lowest BCUT2D eigenvalue weighted by Crippen LogP contribution is -2.55. The Kier molecular flexibility index (Phi) is 8.67. The molecule has 3 aromatic rings. The normalized spacial score (nSPS) is 24.5. The lowest BCUT2D eigenvalue weighted by Gasteiger charge is -2.25. The van der Waals surface area contributed by atoms with Gasteiger partial charge in [0.05, 0.1) is 0 Å². The van der Waals surface area contributed by atoms with Crippen molar-refractivity contribution in [3.05, 3.63) is 53.4 Å². The molecule has 2 bridgehead atoms. The zero-order chi connectivity index (χ0) is 28.9. The van der Waals surface area contributed by atoms with E-state index in [1.54, 1.807) is 13.8 Å². The zero-order valence-electron chi connectivity index (χ0n) is 23.2. The fraction of sp³-hybridized carbons (Fsp3) is 0.483. The first-order valence-electron chi connectivity index (χ1n) is 14.1. The number of hydrogen-bond acceptors (Lipinski definition) is 7. The van der Waals surface area contributed by atoms with Crippen LogP contribution in [-0.4, -0.2) is 64.9 Å². The highest BCUT2D eigenvalue weighted by Gasteiger charge is 2.32. The van der Waals surface area contributed by atoms with Gasteiger partial charge in [0.2, 0.25) is 23.6 Å². The van der Waals surface area contributed by atoms with E-state index in [9.17, 15) is 19.2 Å². The summed E-state index contributed by atoms with van der Waals surface area (Å²) >= 11 is 0. The van der Waals surface area contributed by atoms with Gasteiger partial charge in [-0.05, 0) is 57.6 Å². The molecule has 0 radical (unpaired) electrons. The third-order valence-corrected chi connectivity index (χ3v) is 7.55. The van der Waals surface area contributed by atoms with Crippen molar-refractivity contribution >= 4 is 34.5 Å². The number of benzene rings is 1. The molecule has 1 saturated heterocycles. The minimum absolute atomic E-state index is 0.165. The number of aromatic nitrogens is 2. The average Bonchev–Trinajstić information content (AvgIpc) is 3.72. The smallest absolute Gasteiger partial charge is 0.273 e. The monoisotopic (exact) mass is 564 g/mol. The maximum Gasteiger partial charge on any atom is 0.273 e. The standard InChI is InChI=1S/C29H36N6O6/c1-16-29-35-24(17(2)41-29)28(39)30-12-6-5-10-21(33-27(38)23-11-7-13-40-23)25(36)34-22(26(37)32-16)14-18-15-31-20-9-4-3-8-19(18)20/h3-4,8-9,15-16,21-23,31H,5-7,10-14H2,1-2H3,(H,30,39)(H,32,37)(H,33,38)(H,34,36)/t16-,21+,22-,23-/m1/s1. The van der Waals surface area contributed by atoms with E-state index in [1.807, 2.05) is 30.5 Å². The Morgan fingerprint density at radius 3 is 2.71 bits per heavy atom. The number of amides is 4. The van der Waals surface area contributed by atoms with Gasteiger partial charge in [0.15, 0.2) is 5.69 Å². The van der Waals surface area contributed by atoms with E-state index >= 15 is 0 Å². The number of hydrogen-bond donors (Lipinski definition) is 5. The minimum atomic E-state index is -0.960. The molecule has 2 aliphatic heterocycles. The van der Waals surface area contributed by atoms with E-state index < -0.39 is 36.0 Å². The fourth-order valence-corrected chi connectivity index (χ4v) is 5.27. The Hall–Kier alpha value is -4.19. The van der Waals surface area contributed by atoms with Crippen LogP contribution in [0.2, 0.25) is 0 Å². The number of H-pyrrole nitrogens is 1. The van der Waals surface area contributed by atoms with Crippen molar-refractivity contribution in [3.8, 4) is 0 Å². The SMILES string of the molecule is Cc1oc2nc1C(=O)NCCCC[C@H](NC(=O)[C@H]1CCCO1)C(=O)N[C@H](Cc1c[nH]c3ccccc13)C(=O)N[C@@H]2C. The number of para-hydroxylation sites is 1. The van der Waals surface area contributed by atoms with E-state index in [1.165, 1.54) is 0 Å². The number of rotatable bonds is 4. The van der Waals surface area contributed by atoms with Crippen LogP contribution in [-0.2, 0) is 25.5 Å². The topological polar surface area (TPSA) is 167 Å². The molecule has 218 valence electrons. The molecule has 0 saturated carbocycles. The van der Waals surface area contributed by atoms with Crippen molar-refractivity contribution in [2.45, 2.75) is 76.6 Å². The molecule has 2 aromatic heterocycles. The van der Waals surface area contributed by atoms with Crippen LogP contribution in [0, 0.1) is 6.92 Å². The van der Waals surface area contributed by atoms with Gasteiger partial charge in [0.1, 0.15) is 30.0 Å². The number of nitrogens with one attached hydrogen (secondary N) is 5. The summed E-state index contributed by atoms with van der Waals surface area (Å²) in [7, 11) is 0. The Morgan fingerprint density at radius 2 is 1.90 bits per heavy atom. The van der Waals surface area contributed by atoms with E-state index in [2.05, 4.69) is 31.2 Å². The quantitative estimate of drug-likeness (QED) is 0.323. The Morgan fingerprint density at radius 1 is 1.07 bits per heavy atom. The molecule has 12 heteroatoms. The highest BCUT2D eigenvalue weighted by Crippen LogP contribution is 2.21. The van der Waals surface area contributed by atoms with E-state index in [0.717, 1.165) is 22.9 Å². The van der Waals surface area contributed by atoms with Gasteiger partial charge in [-0.25, -0.2) is 4.98 Å². The maximum atomic E-state index is 13.6. The molecular weight excluding hydrogens is 528 g/mol. The first-order valence-corrected chi connectivity index (χ1v) is 14.1. The highest BCUT2D eigenvalue weighted by atomic mass is 16.5. The second kappa shape index (κ2) is 12.5. The predicted octanol–water partition coefficient (Wildman–Crippen LogP) is 1.95.